The minimum absolute atomic E-state index is 0.0213. The Hall–Kier alpha value is -0.650. The average Bonchev–Trinajstić information content (AvgIpc) is 3.11. The molecule has 5 heteroatoms. The fourth-order valence-corrected chi connectivity index (χ4v) is 2.93. The van der Waals surface area contributed by atoms with Gasteiger partial charge in [-0.25, -0.2) is 0 Å². The fraction of sp³-hybridized carbons (Fsp3) is 0.923. The van der Waals surface area contributed by atoms with Crippen LogP contribution in [0.1, 0.15) is 32.1 Å². The van der Waals surface area contributed by atoms with E-state index in [1.165, 1.54) is 12.8 Å². The monoisotopic (exact) mass is 254 g/mol. The highest BCUT2D eigenvalue weighted by Gasteiger charge is 2.44. The Labute approximate surface area is 107 Å². The van der Waals surface area contributed by atoms with Gasteiger partial charge >= 0.3 is 0 Å². The Bertz CT molecular complexity index is 324. The molecule has 0 aromatic heterocycles. The average molecular weight is 254 g/mol. The maximum Gasteiger partial charge on any atom is 0.240 e. The molecule has 102 valence electrons. The molecule has 3 fully saturated rings. The summed E-state index contributed by atoms with van der Waals surface area (Å²) in [4.78, 5) is 12.3. The van der Waals surface area contributed by atoms with Gasteiger partial charge in [0.25, 0.3) is 0 Å². The van der Waals surface area contributed by atoms with E-state index >= 15 is 0 Å². The minimum atomic E-state index is -0.741. The van der Waals surface area contributed by atoms with E-state index < -0.39 is 5.54 Å². The molecule has 5 nitrogen and oxygen atoms in total. The molecule has 3 N–H and O–H groups in total. The SMILES string of the molecule is NC1(C(=O)NC2CCOC2C2CC2)CCOCC1. The Balaban J connectivity index is 1.59. The number of carbonyl (C=O) groups is 1. The summed E-state index contributed by atoms with van der Waals surface area (Å²) in [6.07, 6.45) is 4.83. The van der Waals surface area contributed by atoms with Crippen LogP contribution in [-0.2, 0) is 14.3 Å². The smallest absolute Gasteiger partial charge is 0.240 e. The van der Waals surface area contributed by atoms with Crippen LogP contribution >= 0.6 is 0 Å². The van der Waals surface area contributed by atoms with Crippen molar-refractivity contribution in [3.63, 3.8) is 0 Å². The van der Waals surface area contributed by atoms with Gasteiger partial charge in [-0.1, -0.05) is 0 Å². The molecule has 0 aromatic carbocycles. The van der Waals surface area contributed by atoms with Crippen LogP contribution in [-0.4, -0.2) is 43.4 Å². The summed E-state index contributed by atoms with van der Waals surface area (Å²) in [5.41, 5.74) is 5.44. The van der Waals surface area contributed by atoms with E-state index in [1.54, 1.807) is 0 Å². The van der Waals surface area contributed by atoms with Gasteiger partial charge < -0.3 is 20.5 Å². The molecule has 2 saturated heterocycles. The van der Waals surface area contributed by atoms with Gasteiger partial charge in [-0.05, 0) is 38.0 Å². The second-order valence-corrected chi connectivity index (χ2v) is 5.81. The zero-order valence-corrected chi connectivity index (χ0v) is 10.7. The van der Waals surface area contributed by atoms with E-state index in [-0.39, 0.29) is 18.1 Å². The largest absolute Gasteiger partial charge is 0.381 e. The van der Waals surface area contributed by atoms with Crippen LogP contribution in [0, 0.1) is 5.92 Å². The highest BCUT2D eigenvalue weighted by molar-refractivity contribution is 5.86. The van der Waals surface area contributed by atoms with Crippen molar-refractivity contribution in [3.05, 3.63) is 0 Å². The van der Waals surface area contributed by atoms with Crippen LogP contribution in [0.4, 0.5) is 0 Å². The number of nitrogens with two attached hydrogens (primary N) is 1. The molecule has 1 aliphatic carbocycles. The molecule has 18 heavy (non-hydrogen) atoms. The first-order valence-corrected chi connectivity index (χ1v) is 6.98. The molecule has 2 atom stereocenters. The number of amides is 1. The Kier molecular flexibility index (Phi) is 3.30. The number of hydrogen-bond acceptors (Lipinski definition) is 4. The number of ether oxygens (including phenoxy) is 2. The van der Waals surface area contributed by atoms with Crippen LogP contribution in [0.2, 0.25) is 0 Å². The first-order valence-electron chi connectivity index (χ1n) is 6.98. The standard InChI is InChI=1S/C13H22N2O3/c14-13(4-7-17-8-5-13)12(16)15-10-3-6-18-11(10)9-1-2-9/h9-11H,1-8,14H2,(H,15,16). The summed E-state index contributed by atoms with van der Waals surface area (Å²) < 4.78 is 11.0. The van der Waals surface area contributed by atoms with Crippen molar-refractivity contribution in [2.24, 2.45) is 11.7 Å². The third-order valence-corrected chi connectivity index (χ3v) is 4.38. The summed E-state index contributed by atoms with van der Waals surface area (Å²) in [7, 11) is 0. The van der Waals surface area contributed by atoms with Crippen molar-refractivity contribution < 1.29 is 14.3 Å². The van der Waals surface area contributed by atoms with Gasteiger partial charge in [-0.15, -0.1) is 0 Å². The third-order valence-electron chi connectivity index (χ3n) is 4.38. The Morgan fingerprint density at radius 2 is 1.89 bits per heavy atom. The van der Waals surface area contributed by atoms with Crippen molar-refractivity contribution >= 4 is 5.91 Å². The fourth-order valence-electron chi connectivity index (χ4n) is 2.93. The summed E-state index contributed by atoms with van der Waals surface area (Å²) in [5.74, 6) is 0.633. The zero-order valence-electron chi connectivity index (χ0n) is 10.7. The molecule has 1 saturated carbocycles. The number of nitrogens with one attached hydrogen (secondary N) is 1. The molecule has 2 unspecified atom stereocenters. The highest BCUT2D eigenvalue weighted by atomic mass is 16.5. The van der Waals surface area contributed by atoms with Crippen LogP contribution in [0.5, 0.6) is 0 Å². The number of rotatable bonds is 3. The van der Waals surface area contributed by atoms with Crippen molar-refractivity contribution in [1.29, 1.82) is 0 Å². The molecular weight excluding hydrogens is 232 g/mol. The van der Waals surface area contributed by atoms with Crippen LogP contribution in [0.25, 0.3) is 0 Å². The number of carbonyl (C=O) groups excluding carboxylic acids is 1. The van der Waals surface area contributed by atoms with E-state index in [9.17, 15) is 4.79 Å². The quantitative estimate of drug-likeness (QED) is 0.753. The van der Waals surface area contributed by atoms with Crippen molar-refractivity contribution in [1.82, 2.24) is 5.32 Å². The first kappa shape index (κ1) is 12.4. The van der Waals surface area contributed by atoms with E-state index in [4.69, 9.17) is 15.2 Å². The van der Waals surface area contributed by atoms with Crippen molar-refractivity contribution in [3.8, 4) is 0 Å². The summed E-state index contributed by atoms with van der Waals surface area (Å²) in [6, 6.07) is 0.160. The predicted octanol–water partition coefficient (Wildman–Crippen LogP) is 0.178. The van der Waals surface area contributed by atoms with Gasteiger partial charge in [-0.2, -0.15) is 0 Å². The van der Waals surface area contributed by atoms with Crippen molar-refractivity contribution in [2.45, 2.75) is 49.8 Å². The zero-order chi connectivity index (χ0) is 12.6. The molecule has 3 rings (SSSR count). The molecule has 3 aliphatic rings. The lowest BCUT2D eigenvalue weighted by atomic mass is 9.89. The Morgan fingerprint density at radius 1 is 1.17 bits per heavy atom. The normalized spacial score (nSPS) is 35.4. The molecule has 1 amide bonds. The van der Waals surface area contributed by atoms with E-state index in [0.29, 0.717) is 32.0 Å². The van der Waals surface area contributed by atoms with Gasteiger partial charge in [-0.3, -0.25) is 4.79 Å². The lowest BCUT2D eigenvalue weighted by Gasteiger charge is -2.33. The maximum atomic E-state index is 12.3. The molecule has 0 spiro atoms. The molecule has 0 radical (unpaired) electrons. The summed E-state index contributed by atoms with van der Waals surface area (Å²) in [5, 5.41) is 3.12. The molecule has 0 bridgehead atoms. The van der Waals surface area contributed by atoms with Gasteiger partial charge in [0.15, 0.2) is 0 Å². The lowest BCUT2D eigenvalue weighted by Crippen LogP contribution is -2.59. The number of hydrogen-bond donors (Lipinski definition) is 2. The maximum absolute atomic E-state index is 12.3. The van der Waals surface area contributed by atoms with Crippen LogP contribution < -0.4 is 11.1 Å². The van der Waals surface area contributed by atoms with Crippen LogP contribution in [0.3, 0.4) is 0 Å². The van der Waals surface area contributed by atoms with Gasteiger partial charge in [0.05, 0.1) is 17.7 Å². The van der Waals surface area contributed by atoms with E-state index in [2.05, 4.69) is 5.32 Å². The topological polar surface area (TPSA) is 73.6 Å². The van der Waals surface area contributed by atoms with Crippen LogP contribution in [0.15, 0.2) is 0 Å². The molecule has 2 heterocycles. The predicted molar refractivity (Wildman–Crippen MR) is 66.0 cm³/mol. The summed E-state index contributed by atoms with van der Waals surface area (Å²) in [6.45, 7) is 1.92. The van der Waals surface area contributed by atoms with Gasteiger partial charge in [0.2, 0.25) is 5.91 Å². The van der Waals surface area contributed by atoms with E-state index in [0.717, 1.165) is 13.0 Å². The second kappa shape index (κ2) is 4.79. The lowest BCUT2D eigenvalue weighted by molar-refractivity contribution is -0.131. The second-order valence-electron chi connectivity index (χ2n) is 5.81. The Morgan fingerprint density at radius 3 is 2.56 bits per heavy atom. The van der Waals surface area contributed by atoms with E-state index in [1.807, 2.05) is 0 Å². The first-order chi connectivity index (χ1) is 8.69. The molecule has 2 aliphatic heterocycles. The highest BCUT2D eigenvalue weighted by Crippen LogP contribution is 2.38. The molecular formula is C13H22N2O3. The van der Waals surface area contributed by atoms with Crippen molar-refractivity contribution in [2.75, 3.05) is 19.8 Å². The summed E-state index contributed by atoms with van der Waals surface area (Å²) >= 11 is 0. The van der Waals surface area contributed by atoms with Gasteiger partial charge in [0.1, 0.15) is 0 Å². The van der Waals surface area contributed by atoms with Gasteiger partial charge in [0, 0.05) is 19.8 Å². The third kappa shape index (κ3) is 2.39. The molecule has 0 aromatic rings. The minimum Gasteiger partial charge on any atom is -0.381 e.